The van der Waals surface area contributed by atoms with E-state index in [-0.39, 0.29) is 17.7 Å². The maximum absolute atomic E-state index is 12.5. The van der Waals surface area contributed by atoms with Crippen LogP contribution < -0.4 is 5.73 Å². The number of benzene rings is 1. The lowest BCUT2D eigenvalue weighted by Gasteiger charge is -2.34. The number of nitrogens with two attached hydrogens (primary N) is 1. The largest absolute Gasteiger partial charge is 0.341 e. The molecular formula is C18H25N5O. The van der Waals surface area contributed by atoms with Crippen LogP contribution in [0.3, 0.4) is 0 Å². The average Bonchev–Trinajstić information content (AvgIpc) is 3.11. The van der Waals surface area contributed by atoms with Gasteiger partial charge in [0.1, 0.15) is 5.82 Å². The van der Waals surface area contributed by atoms with Crippen LogP contribution in [0.15, 0.2) is 30.3 Å². The number of nitrogens with zero attached hydrogens (tertiary/aromatic N) is 3. The topological polar surface area (TPSA) is 87.9 Å². The number of piperidine rings is 1. The summed E-state index contributed by atoms with van der Waals surface area (Å²) < 4.78 is 0. The van der Waals surface area contributed by atoms with Crippen LogP contribution in [0.25, 0.3) is 11.4 Å². The molecular weight excluding hydrogens is 302 g/mol. The lowest BCUT2D eigenvalue weighted by Crippen LogP contribution is -2.49. The Bertz CT molecular complexity index is 682. The van der Waals surface area contributed by atoms with Gasteiger partial charge in [0.2, 0.25) is 5.91 Å². The maximum Gasteiger partial charge on any atom is 0.239 e. The molecule has 24 heavy (non-hydrogen) atoms. The van der Waals surface area contributed by atoms with Crippen LogP contribution in [0.4, 0.5) is 0 Å². The first-order chi connectivity index (χ1) is 11.6. The number of rotatable bonds is 4. The van der Waals surface area contributed by atoms with Crippen molar-refractivity contribution in [3.8, 4) is 11.4 Å². The Kier molecular flexibility index (Phi) is 4.94. The molecule has 1 fully saturated rings. The number of hydrogen-bond acceptors (Lipinski definition) is 4. The Morgan fingerprint density at radius 1 is 1.33 bits per heavy atom. The molecule has 2 heterocycles. The van der Waals surface area contributed by atoms with Crippen molar-refractivity contribution < 1.29 is 4.79 Å². The van der Waals surface area contributed by atoms with Crippen molar-refractivity contribution >= 4 is 5.91 Å². The van der Waals surface area contributed by atoms with Gasteiger partial charge in [0.15, 0.2) is 5.82 Å². The second kappa shape index (κ2) is 7.13. The Balaban J connectivity index is 1.71. The van der Waals surface area contributed by atoms with Crippen molar-refractivity contribution in [1.82, 2.24) is 20.1 Å². The van der Waals surface area contributed by atoms with Crippen LogP contribution in [0.2, 0.25) is 0 Å². The normalized spacial score (nSPS) is 19.5. The molecule has 6 nitrogen and oxygen atoms in total. The standard InChI is InChI=1S/C18H25N5O/c1-12(2)15(19)18(24)23-10-6-9-14(11-23)17-20-16(21-22-17)13-7-4-3-5-8-13/h3-5,7-8,12,14-15H,6,9-11,19H2,1-2H3,(H,20,21,22)/t14?,15-/m0/s1. The van der Waals surface area contributed by atoms with E-state index in [1.165, 1.54) is 0 Å². The summed E-state index contributed by atoms with van der Waals surface area (Å²) in [5.74, 6) is 1.93. The molecule has 3 N–H and O–H groups in total. The molecule has 2 aromatic rings. The minimum absolute atomic E-state index is 0.0394. The molecule has 0 saturated carbocycles. The molecule has 3 rings (SSSR count). The fraction of sp³-hybridized carbons (Fsp3) is 0.500. The summed E-state index contributed by atoms with van der Waals surface area (Å²) in [5, 5.41) is 7.39. The van der Waals surface area contributed by atoms with Gasteiger partial charge in [-0.05, 0) is 18.8 Å². The van der Waals surface area contributed by atoms with E-state index in [0.717, 1.165) is 30.8 Å². The van der Waals surface area contributed by atoms with Gasteiger partial charge in [-0.15, -0.1) is 0 Å². The van der Waals surface area contributed by atoms with Gasteiger partial charge >= 0.3 is 0 Å². The summed E-state index contributed by atoms with van der Waals surface area (Å²) in [5.41, 5.74) is 7.02. The Morgan fingerprint density at radius 2 is 2.08 bits per heavy atom. The van der Waals surface area contributed by atoms with E-state index in [2.05, 4.69) is 15.2 Å². The van der Waals surface area contributed by atoms with Crippen LogP contribution in [0.5, 0.6) is 0 Å². The van der Waals surface area contributed by atoms with E-state index in [0.29, 0.717) is 12.4 Å². The van der Waals surface area contributed by atoms with E-state index in [9.17, 15) is 4.79 Å². The second-order valence-corrected chi connectivity index (χ2v) is 6.80. The molecule has 1 aliphatic heterocycles. The summed E-state index contributed by atoms with van der Waals surface area (Å²) in [6.07, 6.45) is 1.96. The van der Waals surface area contributed by atoms with E-state index in [1.54, 1.807) is 0 Å². The van der Waals surface area contributed by atoms with E-state index >= 15 is 0 Å². The van der Waals surface area contributed by atoms with E-state index in [4.69, 9.17) is 5.73 Å². The van der Waals surface area contributed by atoms with Gasteiger partial charge in [-0.3, -0.25) is 9.89 Å². The number of likely N-dealkylation sites (tertiary alicyclic amines) is 1. The highest BCUT2D eigenvalue weighted by Gasteiger charge is 2.30. The molecule has 6 heteroatoms. The lowest BCUT2D eigenvalue weighted by atomic mass is 9.95. The van der Waals surface area contributed by atoms with Gasteiger partial charge in [0, 0.05) is 24.6 Å². The monoisotopic (exact) mass is 327 g/mol. The number of H-pyrrole nitrogens is 1. The van der Waals surface area contributed by atoms with Gasteiger partial charge in [-0.25, -0.2) is 4.98 Å². The zero-order chi connectivity index (χ0) is 17.1. The zero-order valence-electron chi connectivity index (χ0n) is 14.3. The number of carbonyl (C=O) groups is 1. The van der Waals surface area contributed by atoms with Crippen molar-refractivity contribution in [3.05, 3.63) is 36.2 Å². The molecule has 2 atom stereocenters. The van der Waals surface area contributed by atoms with E-state index < -0.39 is 6.04 Å². The highest BCUT2D eigenvalue weighted by Crippen LogP contribution is 2.26. The molecule has 128 valence electrons. The highest BCUT2D eigenvalue weighted by atomic mass is 16.2. The number of carbonyl (C=O) groups excluding carboxylic acids is 1. The molecule has 0 radical (unpaired) electrons. The minimum atomic E-state index is -0.432. The second-order valence-electron chi connectivity index (χ2n) is 6.80. The molecule has 1 saturated heterocycles. The molecule has 0 aliphatic carbocycles. The zero-order valence-corrected chi connectivity index (χ0v) is 14.3. The molecule has 1 aliphatic rings. The Labute approximate surface area is 142 Å². The molecule has 0 bridgehead atoms. The van der Waals surface area contributed by atoms with Crippen molar-refractivity contribution in [2.45, 2.75) is 38.6 Å². The van der Waals surface area contributed by atoms with Crippen LogP contribution >= 0.6 is 0 Å². The van der Waals surface area contributed by atoms with Crippen molar-refractivity contribution in [1.29, 1.82) is 0 Å². The van der Waals surface area contributed by atoms with Crippen LogP contribution in [0, 0.1) is 5.92 Å². The predicted octanol–water partition coefficient (Wildman–Crippen LogP) is 2.16. The number of aromatic amines is 1. The highest BCUT2D eigenvalue weighted by molar-refractivity contribution is 5.82. The number of hydrogen-bond donors (Lipinski definition) is 2. The van der Waals surface area contributed by atoms with Crippen LogP contribution in [-0.4, -0.2) is 45.1 Å². The molecule has 1 aromatic carbocycles. The van der Waals surface area contributed by atoms with Crippen LogP contribution in [-0.2, 0) is 4.79 Å². The summed E-state index contributed by atoms with van der Waals surface area (Å²) in [6, 6.07) is 9.47. The van der Waals surface area contributed by atoms with Gasteiger partial charge < -0.3 is 10.6 Å². The first-order valence-electron chi connectivity index (χ1n) is 8.58. The average molecular weight is 327 g/mol. The Hall–Kier alpha value is -2.21. The van der Waals surface area contributed by atoms with Gasteiger partial charge in [-0.2, -0.15) is 5.10 Å². The lowest BCUT2D eigenvalue weighted by molar-refractivity contribution is -0.134. The maximum atomic E-state index is 12.5. The number of nitrogens with one attached hydrogen (secondary N) is 1. The van der Waals surface area contributed by atoms with Crippen molar-refractivity contribution in [3.63, 3.8) is 0 Å². The van der Waals surface area contributed by atoms with Crippen molar-refractivity contribution in [2.75, 3.05) is 13.1 Å². The number of amides is 1. The summed E-state index contributed by atoms with van der Waals surface area (Å²) in [6.45, 7) is 5.39. The van der Waals surface area contributed by atoms with Crippen LogP contribution in [0.1, 0.15) is 38.4 Å². The molecule has 1 unspecified atom stereocenters. The third-order valence-corrected chi connectivity index (χ3v) is 4.66. The third-order valence-electron chi connectivity index (χ3n) is 4.66. The SMILES string of the molecule is CC(C)[C@H](N)C(=O)N1CCCC(c2nc(-c3ccccc3)n[nH]2)C1. The first kappa shape index (κ1) is 16.6. The third kappa shape index (κ3) is 3.48. The fourth-order valence-electron chi connectivity index (χ4n) is 3.07. The molecule has 0 spiro atoms. The summed E-state index contributed by atoms with van der Waals surface area (Å²) in [4.78, 5) is 19.0. The smallest absolute Gasteiger partial charge is 0.239 e. The van der Waals surface area contributed by atoms with Gasteiger partial charge in [-0.1, -0.05) is 44.2 Å². The minimum Gasteiger partial charge on any atom is -0.341 e. The molecule has 1 amide bonds. The summed E-state index contributed by atoms with van der Waals surface area (Å²) in [7, 11) is 0. The fourth-order valence-corrected chi connectivity index (χ4v) is 3.07. The summed E-state index contributed by atoms with van der Waals surface area (Å²) >= 11 is 0. The van der Waals surface area contributed by atoms with E-state index in [1.807, 2.05) is 49.1 Å². The van der Waals surface area contributed by atoms with Gasteiger partial charge in [0.25, 0.3) is 0 Å². The quantitative estimate of drug-likeness (QED) is 0.901. The first-order valence-corrected chi connectivity index (χ1v) is 8.58. The van der Waals surface area contributed by atoms with Crippen molar-refractivity contribution in [2.24, 2.45) is 11.7 Å². The predicted molar refractivity (Wildman–Crippen MR) is 93.2 cm³/mol. The van der Waals surface area contributed by atoms with Gasteiger partial charge in [0.05, 0.1) is 6.04 Å². The number of aromatic nitrogens is 3. The molecule has 1 aromatic heterocycles. The Morgan fingerprint density at radius 3 is 2.79 bits per heavy atom.